The van der Waals surface area contributed by atoms with Crippen molar-refractivity contribution in [3.8, 4) is 22.4 Å². The highest BCUT2D eigenvalue weighted by Crippen LogP contribution is 2.27. The molecule has 1 aliphatic heterocycles. The van der Waals surface area contributed by atoms with E-state index in [1.54, 1.807) is 0 Å². The molecule has 4 aromatic rings. The number of aromatic nitrogens is 1. The van der Waals surface area contributed by atoms with Crippen molar-refractivity contribution < 1.29 is 19.8 Å². The van der Waals surface area contributed by atoms with Crippen LogP contribution in [0.1, 0.15) is 50.9 Å². The predicted octanol–water partition coefficient (Wildman–Crippen LogP) is 7.69. The molecule has 246 valence electrons. The lowest BCUT2D eigenvalue weighted by molar-refractivity contribution is -0.134. The second-order valence-corrected chi connectivity index (χ2v) is 12.6. The third-order valence-corrected chi connectivity index (χ3v) is 9.10. The quantitative estimate of drug-likeness (QED) is 0.192. The third-order valence-electron chi connectivity index (χ3n) is 9.10. The van der Waals surface area contributed by atoms with Crippen molar-refractivity contribution in [2.45, 2.75) is 61.1 Å². The van der Waals surface area contributed by atoms with Crippen LogP contribution in [0.3, 0.4) is 0 Å². The minimum absolute atomic E-state index is 0.558. The minimum atomic E-state index is -1.26. The van der Waals surface area contributed by atoms with Gasteiger partial charge in [0.1, 0.15) is 0 Å². The highest BCUT2D eigenvalue weighted by atomic mass is 16.4. The summed E-state index contributed by atoms with van der Waals surface area (Å²) in [6.45, 7) is 19.7. The summed E-state index contributed by atoms with van der Waals surface area (Å²) in [7, 11) is 0. The van der Waals surface area contributed by atoms with Crippen molar-refractivity contribution in [3.05, 3.63) is 124 Å². The van der Waals surface area contributed by atoms with Gasteiger partial charge >= 0.3 is 11.9 Å². The van der Waals surface area contributed by atoms with Gasteiger partial charge in [0.05, 0.1) is 5.69 Å². The van der Waals surface area contributed by atoms with Gasteiger partial charge in [-0.05, 0) is 147 Å². The number of carbonyl (C=O) groups is 2. The number of nitrogens with zero attached hydrogens (tertiary/aromatic N) is 3. The van der Waals surface area contributed by atoms with Gasteiger partial charge in [-0.25, -0.2) is 9.59 Å². The van der Waals surface area contributed by atoms with Crippen molar-refractivity contribution in [2.75, 3.05) is 26.2 Å². The lowest BCUT2D eigenvalue weighted by atomic mass is 9.95. The van der Waals surface area contributed by atoms with Gasteiger partial charge < -0.3 is 10.2 Å². The first-order valence-electron chi connectivity index (χ1n) is 16.2. The van der Waals surface area contributed by atoms with E-state index in [1.165, 1.54) is 67.6 Å². The third kappa shape index (κ3) is 10.2. The molecule has 47 heavy (non-hydrogen) atoms. The number of hydrogen-bond donors (Lipinski definition) is 2. The Morgan fingerprint density at radius 2 is 1.13 bits per heavy atom. The molecule has 3 aromatic carbocycles. The van der Waals surface area contributed by atoms with Gasteiger partial charge in [-0.1, -0.05) is 30.3 Å². The van der Waals surface area contributed by atoms with E-state index in [0.29, 0.717) is 12.2 Å². The van der Waals surface area contributed by atoms with E-state index >= 15 is 0 Å². The van der Waals surface area contributed by atoms with E-state index in [4.69, 9.17) is 15.2 Å². The summed E-state index contributed by atoms with van der Waals surface area (Å²) in [6, 6.07) is 22.8. The first kappa shape index (κ1) is 35.3. The van der Waals surface area contributed by atoms with E-state index in [9.17, 15) is 9.59 Å². The minimum Gasteiger partial charge on any atom is -0.478 e. The molecule has 0 bridgehead atoms. The maximum absolute atomic E-state index is 9.55. The Morgan fingerprint density at radius 3 is 1.64 bits per heavy atom. The number of benzene rings is 3. The van der Waals surface area contributed by atoms with Crippen molar-refractivity contribution >= 4 is 11.9 Å². The van der Waals surface area contributed by atoms with Gasteiger partial charge in [0.2, 0.25) is 0 Å². The van der Waals surface area contributed by atoms with Crippen LogP contribution in [-0.4, -0.2) is 63.1 Å². The fourth-order valence-corrected chi connectivity index (χ4v) is 5.97. The van der Waals surface area contributed by atoms with E-state index in [0.717, 1.165) is 45.0 Å². The zero-order valence-corrected chi connectivity index (χ0v) is 28.5. The predicted molar refractivity (Wildman–Crippen MR) is 190 cm³/mol. The van der Waals surface area contributed by atoms with Gasteiger partial charge in [0.15, 0.2) is 0 Å². The number of aliphatic carboxylic acids is 2. The lowest BCUT2D eigenvalue weighted by Gasteiger charge is -2.22. The molecule has 0 amide bonds. The van der Waals surface area contributed by atoms with Gasteiger partial charge in [0.25, 0.3) is 0 Å². The lowest BCUT2D eigenvalue weighted by Crippen LogP contribution is -2.30. The average Bonchev–Trinajstić information content (AvgIpc) is 3.26. The Hall–Kier alpha value is -4.59. The zero-order valence-electron chi connectivity index (χ0n) is 28.5. The summed E-state index contributed by atoms with van der Waals surface area (Å²) in [4.78, 5) is 29.1. The van der Waals surface area contributed by atoms with Crippen LogP contribution in [-0.2, 0) is 22.7 Å². The van der Waals surface area contributed by atoms with Gasteiger partial charge in [-0.15, -0.1) is 0 Å². The number of hydrogen-bond acceptors (Lipinski definition) is 5. The summed E-state index contributed by atoms with van der Waals surface area (Å²) in [5.74, 6) is -2.51. The summed E-state index contributed by atoms with van der Waals surface area (Å²) < 4.78 is 0. The molecule has 1 aliphatic rings. The first-order valence-corrected chi connectivity index (χ1v) is 16.2. The SMILES string of the molecule is Cc1cc(-c2cccc(CN3CCCN(Cc4ccnc(-c5cc(C)c(C)c(C)c5)c4)CC3)c2)cc(C)c1C.O=C(O)/C=C/C(=O)O. The number of aryl methyl sites for hydroxylation is 4. The van der Waals surface area contributed by atoms with Gasteiger partial charge in [0, 0.05) is 50.1 Å². The largest absolute Gasteiger partial charge is 0.478 e. The first-order chi connectivity index (χ1) is 22.4. The number of carboxylic acid groups (broad SMARTS) is 2. The van der Waals surface area contributed by atoms with Crippen LogP contribution >= 0.6 is 0 Å². The van der Waals surface area contributed by atoms with E-state index in [1.807, 2.05) is 6.20 Å². The summed E-state index contributed by atoms with van der Waals surface area (Å²) in [5.41, 5.74) is 15.9. The topological polar surface area (TPSA) is 94.0 Å². The average molecular weight is 634 g/mol. The molecule has 2 N–H and O–H groups in total. The molecule has 7 heteroatoms. The van der Waals surface area contributed by atoms with Gasteiger partial charge in [-0.2, -0.15) is 0 Å². The molecule has 1 aromatic heterocycles. The molecule has 0 radical (unpaired) electrons. The summed E-state index contributed by atoms with van der Waals surface area (Å²) in [6.07, 6.45) is 4.29. The summed E-state index contributed by atoms with van der Waals surface area (Å²) in [5, 5.41) is 15.6. The van der Waals surface area contributed by atoms with Crippen molar-refractivity contribution in [1.82, 2.24) is 14.8 Å². The molecular weight excluding hydrogens is 586 g/mol. The molecule has 1 fully saturated rings. The number of carboxylic acids is 2. The Bertz CT molecular complexity index is 1590. The summed E-state index contributed by atoms with van der Waals surface area (Å²) >= 11 is 0. The molecule has 0 spiro atoms. The number of rotatable bonds is 8. The van der Waals surface area contributed by atoms with E-state index < -0.39 is 11.9 Å². The van der Waals surface area contributed by atoms with Crippen LogP contribution in [0, 0.1) is 41.5 Å². The molecule has 2 heterocycles. The fraction of sp³-hybridized carbons (Fsp3) is 0.325. The van der Waals surface area contributed by atoms with Crippen molar-refractivity contribution in [3.63, 3.8) is 0 Å². The standard InChI is InChI=1S/C36H43N3.C4H4O4/c1-25-17-34(18-26(2)29(25)5)33-10-7-9-31(21-33)23-38-13-8-14-39(16-15-38)24-32-11-12-37-36(22-32)35-19-27(3)30(6)28(4)20-35;5-3(6)1-2-4(7)8/h7,9-12,17-22H,8,13-16,23-24H2,1-6H3;1-2H,(H,5,6)(H,7,8)/b;2-1+. The maximum Gasteiger partial charge on any atom is 0.328 e. The Labute approximate surface area is 279 Å². The Morgan fingerprint density at radius 1 is 0.638 bits per heavy atom. The molecule has 5 rings (SSSR count). The van der Waals surface area contributed by atoms with E-state index in [2.05, 4.69) is 112 Å². The van der Waals surface area contributed by atoms with Crippen LogP contribution in [0.5, 0.6) is 0 Å². The van der Waals surface area contributed by atoms with Crippen molar-refractivity contribution in [2.24, 2.45) is 0 Å². The van der Waals surface area contributed by atoms with E-state index in [-0.39, 0.29) is 0 Å². The highest BCUT2D eigenvalue weighted by molar-refractivity contribution is 5.89. The zero-order chi connectivity index (χ0) is 34.1. The molecular formula is C40H47N3O4. The van der Waals surface area contributed by atoms with Crippen LogP contribution in [0.25, 0.3) is 22.4 Å². The van der Waals surface area contributed by atoms with Gasteiger partial charge in [-0.3, -0.25) is 14.8 Å². The Balaban J connectivity index is 0.000000555. The molecule has 0 atom stereocenters. The molecule has 0 saturated carbocycles. The van der Waals surface area contributed by atoms with Crippen LogP contribution in [0.2, 0.25) is 0 Å². The maximum atomic E-state index is 9.55. The molecule has 7 nitrogen and oxygen atoms in total. The second kappa shape index (κ2) is 16.3. The molecule has 0 unspecified atom stereocenters. The smallest absolute Gasteiger partial charge is 0.328 e. The highest BCUT2D eigenvalue weighted by Gasteiger charge is 2.16. The second-order valence-electron chi connectivity index (χ2n) is 12.6. The fourth-order valence-electron chi connectivity index (χ4n) is 5.97. The molecule has 0 aliphatic carbocycles. The Kier molecular flexibility index (Phi) is 12.2. The van der Waals surface area contributed by atoms with Crippen molar-refractivity contribution in [1.29, 1.82) is 0 Å². The monoisotopic (exact) mass is 633 g/mol. The van der Waals surface area contributed by atoms with Crippen LogP contribution < -0.4 is 0 Å². The van der Waals surface area contributed by atoms with Crippen LogP contribution in [0.4, 0.5) is 0 Å². The van der Waals surface area contributed by atoms with Crippen LogP contribution in [0.15, 0.2) is 79.0 Å². The normalized spacial score (nSPS) is 14.0. The molecule has 1 saturated heterocycles. The number of pyridine rings is 1.